The molecular formula is C25H32BrN3O4S. The van der Waals surface area contributed by atoms with E-state index in [1.54, 1.807) is 31.2 Å². The van der Waals surface area contributed by atoms with Gasteiger partial charge >= 0.3 is 0 Å². The first-order chi connectivity index (χ1) is 16.1. The third-order valence-electron chi connectivity index (χ3n) is 6.27. The van der Waals surface area contributed by atoms with Gasteiger partial charge in [0.05, 0.1) is 11.9 Å². The second-order valence-corrected chi connectivity index (χ2v) is 11.6. The summed E-state index contributed by atoms with van der Waals surface area (Å²) in [7, 11) is -3.76. The van der Waals surface area contributed by atoms with Gasteiger partial charge in [0.2, 0.25) is 21.8 Å². The van der Waals surface area contributed by atoms with Gasteiger partial charge in [-0.1, -0.05) is 49.2 Å². The fourth-order valence-electron chi connectivity index (χ4n) is 4.19. The Kier molecular flexibility index (Phi) is 8.76. The Hall–Kier alpha value is -2.39. The molecule has 1 fully saturated rings. The van der Waals surface area contributed by atoms with Crippen molar-refractivity contribution in [1.82, 2.24) is 10.2 Å². The van der Waals surface area contributed by atoms with Crippen molar-refractivity contribution in [2.24, 2.45) is 0 Å². The largest absolute Gasteiger partial charge is 0.352 e. The maximum Gasteiger partial charge on any atom is 0.244 e. The lowest BCUT2D eigenvalue weighted by atomic mass is 10.1. The number of nitrogens with one attached hydrogen (secondary N) is 1. The predicted molar refractivity (Wildman–Crippen MR) is 138 cm³/mol. The van der Waals surface area contributed by atoms with Crippen molar-refractivity contribution in [2.75, 3.05) is 17.1 Å². The monoisotopic (exact) mass is 549 g/mol. The Labute approximate surface area is 210 Å². The van der Waals surface area contributed by atoms with E-state index in [-0.39, 0.29) is 18.5 Å². The minimum Gasteiger partial charge on any atom is -0.352 e. The van der Waals surface area contributed by atoms with Crippen molar-refractivity contribution in [2.45, 2.75) is 58.2 Å². The first-order valence-electron chi connectivity index (χ1n) is 11.4. The van der Waals surface area contributed by atoms with Crippen molar-refractivity contribution in [3.63, 3.8) is 0 Å². The molecule has 0 heterocycles. The summed E-state index contributed by atoms with van der Waals surface area (Å²) in [5.41, 5.74) is 2.27. The highest BCUT2D eigenvalue weighted by Crippen LogP contribution is 2.28. The Bertz CT molecular complexity index is 1130. The fourth-order valence-corrected chi connectivity index (χ4v) is 5.67. The SMILES string of the molecule is Cc1ccccc1CN(C(=O)CN(c1ccccc1Br)S(C)(=O)=O)[C@H](C)C(=O)NC1CCCC1. The summed E-state index contributed by atoms with van der Waals surface area (Å²) < 4.78 is 26.9. The average Bonchev–Trinajstić information content (AvgIpc) is 3.29. The minimum atomic E-state index is -3.76. The first kappa shape index (κ1) is 26.2. The lowest BCUT2D eigenvalue weighted by Crippen LogP contribution is -2.52. The van der Waals surface area contributed by atoms with Crippen LogP contribution >= 0.6 is 15.9 Å². The molecule has 9 heteroatoms. The van der Waals surface area contributed by atoms with E-state index in [0.29, 0.717) is 10.2 Å². The summed E-state index contributed by atoms with van der Waals surface area (Å²) in [5, 5.41) is 3.07. The number of hydrogen-bond donors (Lipinski definition) is 1. The van der Waals surface area contributed by atoms with Gasteiger partial charge in [0, 0.05) is 17.1 Å². The molecule has 184 valence electrons. The molecule has 0 spiro atoms. The number of rotatable bonds is 9. The van der Waals surface area contributed by atoms with E-state index in [9.17, 15) is 18.0 Å². The number of aryl methyl sites for hydroxylation is 1. The number of hydrogen-bond acceptors (Lipinski definition) is 4. The molecular weight excluding hydrogens is 518 g/mol. The summed E-state index contributed by atoms with van der Waals surface area (Å²) >= 11 is 3.39. The summed E-state index contributed by atoms with van der Waals surface area (Å²) in [5.74, 6) is -0.667. The Morgan fingerprint density at radius 2 is 1.71 bits per heavy atom. The Balaban J connectivity index is 1.90. The molecule has 0 bridgehead atoms. The number of anilines is 1. The second kappa shape index (κ2) is 11.4. The molecule has 2 aromatic rings. The number of sulfonamides is 1. The van der Waals surface area contributed by atoms with Gasteiger partial charge in [0.15, 0.2) is 0 Å². The van der Waals surface area contributed by atoms with E-state index in [1.165, 1.54) is 4.90 Å². The summed E-state index contributed by atoms with van der Waals surface area (Å²) in [6.07, 6.45) is 5.12. The van der Waals surface area contributed by atoms with Crippen LogP contribution in [-0.2, 0) is 26.2 Å². The molecule has 0 radical (unpaired) electrons. The molecule has 1 aliphatic rings. The molecule has 0 unspecified atom stereocenters. The van der Waals surface area contributed by atoms with E-state index in [0.717, 1.165) is 47.4 Å². The zero-order chi connectivity index (χ0) is 24.9. The number of nitrogens with zero attached hydrogens (tertiary/aromatic N) is 2. The Morgan fingerprint density at radius 1 is 1.09 bits per heavy atom. The lowest BCUT2D eigenvalue weighted by molar-refractivity contribution is -0.139. The van der Waals surface area contributed by atoms with Gasteiger partial charge in [-0.05, 0) is 65.9 Å². The van der Waals surface area contributed by atoms with Gasteiger partial charge < -0.3 is 10.2 Å². The number of para-hydroxylation sites is 1. The Morgan fingerprint density at radius 3 is 2.32 bits per heavy atom. The maximum atomic E-state index is 13.6. The van der Waals surface area contributed by atoms with Gasteiger partial charge in [-0.15, -0.1) is 0 Å². The van der Waals surface area contributed by atoms with Gasteiger partial charge in [0.25, 0.3) is 0 Å². The van der Waals surface area contributed by atoms with E-state index in [4.69, 9.17) is 0 Å². The molecule has 0 aliphatic heterocycles. The number of benzene rings is 2. The fraction of sp³-hybridized carbons (Fsp3) is 0.440. The van der Waals surface area contributed by atoms with Crippen LogP contribution in [0.1, 0.15) is 43.7 Å². The van der Waals surface area contributed by atoms with Crippen LogP contribution in [0.25, 0.3) is 0 Å². The molecule has 2 amide bonds. The molecule has 1 aliphatic carbocycles. The molecule has 7 nitrogen and oxygen atoms in total. The summed E-state index contributed by atoms with van der Waals surface area (Å²) in [4.78, 5) is 28.2. The van der Waals surface area contributed by atoms with Crippen LogP contribution in [0.3, 0.4) is 0 Å². The lowest BCUT2D eigenvalue weighted by Gasteiger charge is -2.32. The van der Waals surface area contributed by atoms with Crippen LogP contribution in [0.15, 0.2) is 53.0 Å². The van der Waals surface area contributed by atoms with Crippen LogP contribution in [0.2, 0.25) is 0 Å². The van der Waals surface area contributed by atoms with E-state index >= 15 is 0 Å². The number of amides is 2. The van der Waals surface area contributed by atoms with Crippen LogP contribution in [0.5, 0.6) is 0 Å². The van der Waals surface area contributed by atoms with Crippen LogP contribution in [0, 0.1) is 6.92 Å². The molecule has 2 aromatic carbocycles. The number of carbonyl (C=O) groups is 2. The summed E-state index contributed by atoms with van der Waals surface area (Å²) in [6.45, 7) is 3.45. The third-order valence-corrected chi connectivity index (χ3v) is 8.07. The second-order valence-electron chi connectivity index (χ2n) is 8.84. The quantitative estimate of drug-likeness (QED) is 0.512. The summed E-state index contributed by atoms with van der Waals surface area (Å²) in [6, 6.07) is 13.9. The average molecular weight is 551 g/mol. The normalized spacial score (nSPS) is 15.1. The molecule has 3 rings (SSSR count). The molecule has 1 saturated carbocycles. The van der Waals surface area contributed by atoms with Crippen molar-refractivity contribution in [3.05, 3.63) is 64.1 Å². The van der Waals surface area contributed by atoms with E-state index < -0.39 is 28.5 Å². The van der Waals surface area contributed by atoms with Crippen LogP contribution in [0.4, 0.5) is 5.69 Å². The minimum absolute atomic E-state index is 0.123. The first-order valence-corrected chi connectivity index (χ1v) is 14.1. The molecule has 1 atom stereocenters. The smallest absolute Gasteiger partial charge is 0.244 e. The molecule has 0 aromatic heterocycles. The predicted octanol–water partition coefficient (Wildman–Crippen LogP) is 4.00. The standard InChI is InChI=1S/C25H32BrN3O4S/c1-18-10-4-5-11-20(18)16-28(19(2)25(31)27-21-12-6-7-13-21)24(30)17-29(34(3,32)33)23-15-9-8-14-22(23)26/h4-5,8-11,14-15,19,21H,6-7,12-13,16-17H2,1-3H3,(H,27,31)/t19-/m1/s1. The molecule has 34 heavy (non-hydrogen) atoms. The van der Waals surface area contributed by atoms with Crippen LogP contribution < -0.4 is 9.62 Å². The van der Waals surface area contributed by atoms with Crippen molar-refractivity contribution in [1.29, 1.82) is 0 Å². The highest BCUT2D eigenvalue weighted by atomic mass is 79.9. The number of halogens is 1. The number of carbonyl (C=O) groups excluding carboxylic acids is 2. The zero-order valence-corrected chi connectivity index (χ0v) is 22.2. The maximum absolute atomic E-state index is 13.6. The van der Waals surface area contributed by atoms with Crippen molar-refractivity contribution < 1.29 is 18.0 Å². The van der Waals surface area contributed by atoms with Crippen LogP contribution in [-0.4, -0.2) is 50.0 Å². The highest BCUT2D eigenvalue weighted by Gasteiger charge is 2.32. The molecule has 0 saturated heterocycles. The van der Waals surface area contributed by atoms with Gasteiger partial charge in [-0.3, -0.25) is 13.9 Å². The zero-order valence-electron chi connectivity index (χ0n) is 19.8. The van der Waals surface area contributed by atoms with Crippen molar-refractivity contribution >= 4 is 43.5 Å². The van der Waals surface area contributed by atoms with E-state index in [1.807, 2.05) is 31.2 Å². The van der Waals surface area contributed by atoms with Gasteiger partial charge in [-0.25, -0.2) is 8.42 Å². The van der Waals surface area contributed by atoms with Gasteiger partial charge in [-0.2, -0.15) is 0 Å². The highest BCUT2D eigenvalue weighted by molar-refractivity contribution is 9.10. The third kappa shape index (κ3) is 6.60. The van der Waals surface area contributed by atoms with Gasteiger partial charge in [0.1, 0.15) is 12.6 Å². The van der Waals surface area contributed by atoms with E-state index in [2.05, 4.69) is 21.2 Å². The topological polar surface area (TPSA) is 86.8 Å². The van der Waals surface area contributed by atoms with Crippen molar-refractivity contribution in [3.8, 4) is 0 Å². The molecule has 1 N–H and O–H groups in total.